The van der Waals surface area contributed by atoms with Gasteiger partial charge in [-0.2, -0.15) is 0 Å². The number of hydrogen-bond acceptors (Lipinski definition) is 4. The van der Waals surface area contributed by atoms with E-state index in [1.165, 1.54) is 0 Å². The molecular formula is C14H10BrClN2OS. The van der Waals surface area contributed by atoms with Gasteiger partial charge in [-0.1, -0.05) is 23.7 Å². The van der Waals surface area contributed by atoms with Crippen molar-refractivity contribution < 1.29 is 4.74 Å². The fourth-order valence-electron chi connectivity index (χ4n) is 1.85. The number of hydrogen-bond donors (Lipinski definition) is 1. The van der Waals surface area contributed by atoms with E-state index in [0.29, 0.717) is 23.1 Å². The maximum absolute atomic E-state index is 5.92. The number of nitrogens with two attached hydrogens (primary N) is 1. The van der Waals surface area contributed by atoms with E-state index in [1.54, 1.807) is 23.5 Å². The topological polar surface area (TPSA) is 48.1 Å². The van der Waals surface area contributed by atoms with E-state index in [1.807, 2.05) is 24.3 Å². The van der Waals surface area contributed by atoms with Crippen LogP contribution in [0.15, 0.2) is 40.9 Å². The average Bonchev–Trinajstić information content (AvgIpc) is 2.80. The van der Waals surface area contributed by atoms with Crippen LogP contribution in [0.4, 0.5) is 5.69 Å². The predicted molar refractivity (Wildman–Crippen MR) is 87.5 cm³/mol. The van der Waals surface area contributed by atoms with Crippen LogP contribution in [0, 0.1) is 0 Å². The molecule has 102 valence electrons. The molecular weight excluding hydrogens is 360 g/mol. The van der Waals surface area contributed by atoms with E-state index in [0.717, 1.165) is 19.7 Å². The highest BCUT2D eigenvalue weighted by Gasteiger charge is 2.10. The minimum absolute atomic E-state index is 0.379. The minimum Gasteiger partial charge on any atom is -0.483 e. The number of benzene rings is 2. The fraction of sp³-hybridized carbons (Fsp3) is 0.0714. The van der Waals surface area contributed by atoms with E-state index in [9.17, 15) is 0 Å². The number of nitrogen functional groups attached to an aromatic ring is 1. The van der Waals surface area contributed by atoms with Gasteiger partial charge in [0.25, 0.3) is 0 Å². The molecule has 6 heteroatoms. The molecule has 0 bridgehead atoms. The van der Waals surface area contributed by atoms with Gasteiger partial charge in [0.1, 0.15) is 11.6 Å². The monoisotopic (exact) mass is 368 g/mol. The summed E-state index contributed by atoms with van der Waals surface area (Å²) in [6, 6.07) is 11.4. The lowest BCUT2D eigenvalue weighted by Gasteiger charge is -2.09. The van der Waals surface area contributed by atoms with E-state index >= 15 is 0 Å². The molecule has 0 spiro atoms. The molecule has 1 aromatic heterocycles. The summed E-state index contributed by atoms with van der Waals surface area (Å²) < 4.78 is 7.64. The van der Waals surface area contributed by atoms with Crippen molar-refractivity contribution in [3.8, 4) is 5.75 Å². The first kappa shape index (κ1) is 13.7. The number of nitrogens with zero attached hydrogens (tertiary/aromatic N) is 1. The smallest absolute Gasteiger partial charge is 0.157 e. The van der Waals surface area contributed by atoms with Crippen LogP contribution in [0.2, 0.25) is 5.02 Å². The Hall–Kier alpha value is -1.30. The maximum atomic E-state index is 5.92. The first-order valence-corrected chi connectivity index (χ1v) is 7.84. The highest BCUT2D eigenvalue weighted by atomic mass is 79.9. The van der Waals surface area contributed by atoms with E-state index < -0.39 is 0 Å². The zero-order valence-electron chi connectivity index (χ0n) is 10.3. The van der Waals surface area contributed by atoms with Crippen molar-refractivity contribution in [3.05, 3.63) is 50.9 Å². The van der Waals surface area contributed by atoms with Crippen molar-refractivity contribution in [3.63, 3.8) is 0 Å². The second-order valence-corrected chi connectivity index (χ2v) is 6.58. The van der Waals surface area contributed by atoms with E-state index in [2.05, 4.69) is 20.9 Å². The largest absolute Gasteiger partial charge is 0.483 e. The Kier molecular flexibility index (Phi) is 3.83. The summed E-state index contributed by atoms with van der Waals surface area (Å²) in [6.07, 6.45) is 0. The molecule has 0 aliphatic rings. The van der Waals surface area contributed by atoms with Gasteiger partial charge in [0, 0.05) is 5.02 Å². The normalized spacial score (nSPS) is 10.9. The van der Waals surface area contributed by atoms with Crippen LogP contribution in [0.3, 0.4) is 0 Å². The van der Waals surface area contributed by atoms with Gasteiger partial charge in [0.05, 0.1) is 20.4 Å². The molecule has 0 amide bonds. The van der Waals surface area contributed by atoms with Gasteiger partial charge >= 0.3 is 0 Å². The standard InChI is InChI=1S/C14H10BrClN2OS/c15-9-5-8(16)6-10(17)14(9)19-7-13-18-11-3-1-2-4-12(11)20-13/h1-6H,7,17H2. The second kappa shape index (κ2) is 5.60. The van der Waals surface area contributed by atoms with Crippen LogP contribution < -0.4 is 10.5 Å². The van der Waals surface area contributed by atoms with Crippen LogP contribution in [0.25, 0.3) is 10.2 Å². The van der Waals surface area contributed by atoms with Crippen molar-refractivity contribution >= 4 is 54.8 Å². The van der Waals surface area contributed by atoms with Gasteiger partial charge in [-0.25, -0.2) is 4.98 Å². The predicted octanol–water partition coefficient (Wildman–Crippen LogP) is 4.87. The summed E-state index contributed by atoms with van der Waals surface area (Å²) in [6.45, 7) is 0.379. The van der Waals surface area contributed by atoms with E-state index in [4.69, 9.17) is 22.1 Å². The first-order chi connectivity index (χ1) is 9.63. The van der Waals surface area contributed by atoms with Crippen molar-refractivity contribution in [2.24, 2.45) is 0 Å². The number of ether oxygens (including phenoxy) is 1. The molecule has 0 unspecified atom stereocenters. The van der Waals surface area contributed by atoms with Gasteiger partial charge in [-0.3, -0.25) is 0 Å². The number of halogens is 2. The molecule has 0 atom stereocenters. The molecule has 20 heavy (non-hydrogen) atoms. The zero-order chi connectivity index (χ0) is 14.1. The molecule has 3 nitrogen and oxygen atoms in total. The first-order valence-electron chi connectivity index (χ1n) is 5.85. The van der Waals surface area contributed by atoms with E-state index in [-0.39, 0.29) is 0 Å². The highest BCUT2D eigenvalue weighted by Crippen LogP contribution is 2.35. The van der Waals surface area contributed by atoms with Crippen LogP contribution in [-0.4, -0.2) is 4.98 Å². The molecule has 0 fully saturated rings. The Labute approximate surface area is 133 Å². The van der Waals surface area contributed by atoms with Crippen LogP contribution in [-0.2, 0) is 6.61 Å². The molecule has 0 radical (unpaired) electrons. The molecule has 0 saturated heterocycles. The fourth-order valence-corrected chi connectivity index (χ4v) is 3.68. The second-order valence-electron chi connectivity index (χ2n) is 4.17. The molecule has 3 rings (SSSR count). The van der Waals surface area contributed by atoms with Crippen LogP contribution in [0.5, 0.6) is 5.75 Å². The Bertz CT molecular complexity index is 719. The highest BCUT2D eigenvalue weighted by molar-refractivity contribution is 9.10. The number of para-hydroxylation sites is 1. The van der Waals surface area contributed by atoms with Gasteiger partial charge in [0.15, 0.2) is 5.75 Å². The minimum atomic E-state index is 0.379. The Morgan fingerprint density at radius 1 is 1.30 bits per heavy atom. The van der Waals surface area contributed by atoms with Crippen molar-refractivity contribution in [1.29, 1.82) is 0 Å². The lowest BCUT2D eigenvalue weighted by molar-refractivity contribution is 0.305. The number of anilines is 1. The summed E-state index contributed by atoms with van der Waals surface area (Å²) in [5.41, 5.74) is 7.40. The Balaban J connectivity index is 1.83. The molecule has 0 saturated carbocycles. The third-order valence-corrected chi connectivity index (χ3v) is 4.53. The average molecular weight is 370 g/mol. The molecule has 0 aliphatic carbocycles. The molecule has 1 heterocycles. The number of thiazole rings is 1. The molecule has 2 N–H and O–H groups in total. The maximum Gasteiger partial charge on any atom is 0.157 e. The third kappa shape index (κ3) is 2.75. The van der Waals surface area contributed by atoms with Gasteiger partial charge in [-0.05, 0) is 40.2 Å². The zero-order valence-corrected chi connectivity index (χ0v) is 13.4. The van der Waals surface area contributed by atoms with Crippen LogP contribution in [0.1, 0.15) is 5.01 Å². The molecule has 3 aromatic rings. The summed E-state index contributed by atoms with van der Waals surface area (Å²) in [4.78, 5) is 4.52. The van der Waals surface area contributed by atoms with Crippen molar-refractivity contribution in [1.82, 2.24) is 4.98 Å². The summed E-state index contributed by atoms with van der Waals surface area (Å²) in [5.74, 6) is 0.591. The lowest BCUT2D eigenvalue weighted by Crippen LogP contribution is -1.99. The quantitative estimate of drug-likeness (QED) is 0.670. The lowest BCUT2D eigenvalue weighted by atomic mass is 10.3. The van der Waals surface area contributed by atoms with Crippen LogP contribution >= 0.6 is 38.9 Å². The summed E-state index contributed by atoms with van der Waals surface area (Å²) >= 11 is 10.9. The number of rotatable bonds is 3. The van der Waals surface area contributed by atoms with Crippen molar-refractivity contribution in [2.75, 3.05) is 5.73 Å². The third-order valence-electron chi connectivity index (χ3n) is 2.72. The molecule has 2 aromatic carbocycles. The number of fused-ring (bicyclic) bond motifs is 1. The van der Waals surface area contributed by atoms with Crippen molar-refractivity contribution in [2.45, 2.75) is 6.61 Å². The SMILES string of the molecule is Nc1cc(Cl)cc(Br)c1OCc1nc2ccccc2s1. The number of aromatic nitrogens is 1. The summed E-state index contributed by atoms with van der Waals surface area (Å²) in [5, 5.41) is 1.48. The van der Waals surface area contributed by atoms with Gasteiger partial charge in [-0.15, -0.1) is 11.3 Å². The Morgan fingerprint density at radius 3 is 2.85 bits per heavy atom. The van der Waals surface area contributed by atoms with Gasteiger partial charge < -0.3 is 10.5 Å². The Morgan fingerprint density at radius 2 is 2.10 bits per heavy atom. The van der Waals surface area contributed by atoms with Gasteiger partial charge in [0.2, 0.25) is 0 Å². The molecule has 0 aliphatic heterocycles. The summed E-state index contributed by atoms with van der Waals surface area (Å²) in [7, 11) is 0.